The number of hydrogen-bond acceptors (Lipinski definition) is 3. The highest BCUT2D eigenvalue weighted by Gasteiger charge is 2.32. The molecule has 4 nitrogen and oxygen atoms in total. The van der Waals surface area contributed by atoms with Crippen molar-refractivity contribution in [3.05, 3.63) is 48.1 Å². The minimum Gasteiger partial charge on any atom is -0.375 e. The Kier molecular flexibility index (Phi) is 4.53. The summed E-state index contributed by atoms with van der Waals surface area (Å²) >= 11 is 0. The summed E-state index contributed by atoms with van der Waals surface area (Å²) in [4.78, 5) is 13.8. The summed E-state index contributed by atoms with van der Waals surface area (Å²) in [5.74, 6) is 0.308. The van der Waals surface area contributed by atoms with E-state index < -0.39 is 12.6 Å². The van der Waals surface area contributed by atoms with Crippen LogP contribution in [-0.2, 0) is 0 Å². The van der Waals surface area contributed by atoms with E-state index in [1.54, 1.807) is 25.4 Å². The van der Waals surface area contributed by atoms with E-state index in [4.69, 9.17) is 0 Å². The number of nitrogens with zero attached hydrogens (tertiary/aromatic N) is 3. The van der Waals surface area contributed by atoms with Crippen molar-refractivity contribution in [2.24, 2.45) is 0 Å². The number of likely N-dealkylation sites (tertiary alicyclic amines) is 1. The predicted octanol–water partition coefficient (Wildman–Crippen LogP) is 5.15. The molecule has 0 spiro atoms. The summed E-state index contributed by atoms with van der Waals surface area (Å²) in [6.07, 6.45) is 3.67. The summed E-state index contributed by atoms with van der Waals surface area (Å²) in [5, 5.41) is 2.15. The van der Waals surface area contributed by atoms with Gasteiger partial charge in [-0.05, 0) is 43.4 Å². The van der Waals surface area contributed by atoms with Gasteiger partial charge >= 0.3 is 6.18 Å². The minimum atomic E-state index is -4.17. The van der Waals surface area contributed by atoms with E-state index in [2.05, 4.69) is 21.0 Å². The Hall–Kier alpha value is -2.57. The second-order valence-electron chi connectivity index (χ2n) is 7.00. The molecule has 4 heterocycles. The molecule has 142 valence electrons. The van der Waals surface area contributed by atoms with Crippen molar-refractivity contribution in [1.29, 1.82) is 0 Å². The number of fused-ring (bicyclic) bond motifs is 3. The molecule has 1 aliphatic heterocycles. The number of alkyl halides is 3. The Morgan fingerprint density at radius 3 is 2.74 bits per heavy atom. The molecule has 0 aliphatic carbocycles. The molecule has 1 saturated heterocycles. The van der Waals surface area contributed by atoms with E-state index in [0.717, 1.165) is 34.8 Å². The second-order valence-corrected chi connectivity index (χ2v) is 7.00. The molecule has 1 N–H and O–H groups in total. The largest absolute Gasteiger partial charge is 0.394 e. The fraction of sp³-hybridized carbons (Fsp3) is 0.400. The van der Waals surface area contributed by atoms with Crippen LogP contribution in [0.3, 0.4) is 0 Å². The van der Waals surface area contributed by atoms with Gasteiger partial charge in [-0.3, -0.25) is 0 Å². The van der Waals surface area contributed by atoms with Gasteiger partial charge in [-0.25, -0.2) is 9.97 Å². The van der Waals surface area contributed by atoms with Crippen LogP contribution in [0.25, 0.3) is 21.9 Å². The molecule has 0 saturated carbocycles. The van der Waals surface area contributed by atoms with E-state index in [1.807, 2.05) is 17.2 Å². The average Bonchev–Trinajstić information content (AvgIpc) is 3.14. The Morgan fingerprint density at radius 1 is 1.26 bits per heavy atom. The number of pyridine rings is 2. The molecule has 0 radical (unpaired) electrons. The molecule has 27 heavy (non-hydrogen) atoms. The number of nitrogens with one attached hydrogen (secondary N) is 1. The fourth-order valence-electron chi connectivity index (χ4n) is 4.10. The third kappa shape index (κ3) is 3.50. The molecule has 3 aromatic rings. The summed E-state index contributed by atoms with van der Waals surface area (Å²) in [5.41, 5.74) is 3.28. The highest BCUT2D eigenvalue weighted by Crippen LogP contribution is 2.37. The van der Waals surface area contributed by atoms with Crippen LogP contribution in [0, 0.1) is 0 Å². The predicted molar refractivity (Wildman–Crippen MR) is 99.4 cm³/mol. The highest BCUT2D eigenvalue weighted by atomic mass is 19.4. The minimum absolute atomic E-state index is 0.308. The first-order valence-corrected chi connectivity index (χ1v) is 9.14. The number of hydrogen-bond donors (Lipinski definition) is 1. The summed E-state index contributed by atoms with van der Waals surface area (Å²) < 4.78 is 38.4. The Bertz CT molecular complexity index is 982. The van der Waals surface area contributed by atoms with Gasteiger partial charge in [0.05, 0.1) is 18.1 Å². The highest BCUT2D eigenvalue weighted by molar-refractivity contribution is 6.05. The van der Waals surface area contributed by atoms with Crippen LogP contribution in [0.4, 0.5) is 13.2 Å². The molecular weight excluding hydrogens is 353 g/mol. The van der Waals surface area contributed by atoms with Crippen LogP contribution >= 0.6 is 0 Å². The third-order valence-corrected chi connectivity index (χ3v) is 5.38. The van der Waals surface area contributed by atoms with Gasteiger partial charge in [0.25, 0.3) is 0 Å². The van der Waals surface area contributed by atoms with Crippen molar-refractivity contribution < 1.29 is 13.2 Å². The van der Waals surface area contributed by atoms with Crippen molar-refractivity contribution in [2.75, 3.05) is 13.1 Å². The summed E-state index contributed by atoms with van der Waals surface area (Å²) in [7, 11) is 0. The van der Waals surface area contributed by atoms with E-state index in [9.17, 15) is 13.2 Å². The molecule has 1 fully saturated rings. The number of allylic oxidation sites excluding steroid dienone is 2. The standard InChI is InChI=1S/C20H21F3N4/c1-2-14(11-20(21,22)23)27-9-5-13(6-10-27)15-3-7-24-17-12-26-19-16(18(15)17)4-8-25-19/h2-4,7-8,12-13,24H,5-6,9-11H2,1H3. The zero-order valence-electron chi connectivity index (χ0n) is 15.1. The van der Waals surface area contributed by atoms with E-state index in [-0.39, 0.29) is 0 Å². The lowest BCUT2D eigenvalue weighted by Crippen LogP contribution is -2.34. The van der Waals surface area contributed by atoms with Crippen LogP contribution < -0.4 is 0 Å². The zero-order chi connectivity index (χ0) is 19.0. The average molecular weight is 374 g/mol. The number of rotatable bonds is 3. The van der Waals surface area contributed by atoms with E-state index >= 15 is 0 Å². The smallest absolute Gasteiger partial charge is 0.375 e. The van der Waals surface area contributed by atoms with Crippen molar-refractivity contribution in [3.63, 3.8) is 0 Å². The number of piperidine rings is 1. The van der Waals surface area contributed by atoms with Gasteiger partial charge in [-0.1, -0.05) is 6.08 Å². The van der Waals surface area contributed by atoms with Gasteiger partial charge in [0.15, 0.2) is 5.65 Å². The topological polar surface area (TPSA) is 44.8 Å². The van der Waals surface area contributed by atoms with Crippen LogP contribution in [-0.4, -0.2) is 39.1 Å². The van der Waals surface area contributed by atoms with E-state index in [0.29, 0.717) is 24.7 Å². The van der Waals surface area contributed by atoms with Gasteiger partial charge in [-0.2, -0.15) is 13.2 Å². The molecule has 0 amide bonds. The van der Waals surface area contributed by atoms with Gasteiger partial charge in [0.1, 0.15) is 0 Å². The second kappa shape index (κ2) is 6.87. The molecule has 1 aliphatic rings. The molecule has 0 atom stereocenters. The van der Waals surface area contributed by atoms with Gasteiger partial charge in [0.2, 0.25) is 0 Å². The van der Waals surface area contributed by atoms with Gasteiger partial charge < -0.3 is 9.88 Å². The number of aromatic amines is 1. The first-order chi connectivity index (χ1) is 13.0. The number of H-pyrrole nitrogens is 1. The molecular formula is C20H21F3N4. The SMILES string of the molecule is CC=C(CC(F)(F)F)N1CCC(c2cc[nH]c3cnc4nccc4c23)CC1. The molecule has 4 rings (SSSR count). The lowest BCUT2D eigenvalue weighted by atomic mass is 9.87. The molecule has 3 aromatic heterocycles. The maximum atomic E-state index is 12.8. The molecule has 0 unspecified atom stereocenters. The first-order valence-electron chi connectivity index (χ1n) is 9.14. The Labute approximate surface area is 155 Å². The molecule has 0 aromatic carbocycles. The summed E-state index contributed by atoms with van der Waals surface area (Å²) in [6, 6.07) is 4.06. The monoisotopic (exact) mass is 374 g/mol. The van der Waals surface area contributed by atoms with Crippen LogP contribution in [0.2, 0.25) is 0 Å². The van der Waals surface area contributed by atoms with Crippen molar-refractivity contribution >= 4 is 21.9 Å². The van der Waals surface area contributed by atoms with Crippen molar-refractivity contribution in [3.8, 4) is 0 Å². The molecule has 7 heteroatoms. The quantitative estimate of drug-likeness (QED) is 0.690. The molecule has 0 bridgehead atoms. The van der Waals surface area contributed by atoms with Gasteiger partial charge in [-0.15, -0.1) is 0 Å². The normalized spacial score (nSPS) is 17.2. The lowest BCUT2D eigenvalue weighted by molar-refractivity contribution is -0.130. The van der Waals surface area contributed by atoms with Crippen molar-refractivity contribution in [1.82, 2.24) is 19.9 Å². The maximum Gasteiger partial charge on any atom is 0.394 e. The fourth-order valence-corrected chi connectivity index (χ4v) is 4.10. The summed E-state index contributed by atoms with van der Waals surface area (Å²) in [6.45, 7) is 2.95. The maximum absolute atomic E-state index is 12.8. The van der Waals surface area contributed by atoms with Crippen LogP contribution in [0.1, 0.15) is 37.7 Å². The zero-order valence-corrected chi connectivity index (χ0v) is 15.1. The van der Waals surface area contributed by atoms with Crippen LogP contribution in [0.5, 0.6) is 0 Å². The van der Waals surface area contributed by atoms with E-state index in [1.165, 1.54) is 5.56 Å². The van der Waals surface area contributed by atoms with Crippen LogP contribution in [0.15, 0.2) is 42.5 Å². The first kappa shape index (κ1) is 17.8. The lowest BCUT2D eigenvalue weighted by Gasteiger charge is -2.36. The third-order valence-electron chi connectivity index (χ3n) is 5.38. The number of aromatic nitrogens is 3. The number of halogens is 3. The Morgan fingerprint density at radius 2 is 2.04 bits per heavy atom. The van der Waals surface area contributed by atoms with Crippen molar-refractivity contribution in [2.45, 2.75) is 38.3 Å². The van der Waals surface area contributed by atoms with Gasteiger partial charge in [0, 0.05) is 42.0 Å². The Balaban J connectivity index is 1.59.